The van der Waals surface area contributed by atoms with Gasteiger partial charge in [-0.05, 0) is 26.3 Å². The number of aromatic nitrogens is 2. The summed E-state index contributed by atoms with van der Waals surface area (Å²) in [4.78, 5) is 10.2. The molecule has 6 nitrogen and oxygen atoms in total. The van der Waals surface area contributed by atoms with Crippen LogP contribution < -0.4 is 5.32 Å². The van der Waals surface area contributed by atoms with Gasteiger partial charge in [-0.2, -0.15) is 5.10 Å². The molecule has 0 aliphatic carbocycles. The van der Waals surface area contributed by atoms with Crippen LogP contribution in [-0.4, -0.2) is 15.1 Å². The fourth-order valence-corrected chi connectivity index (χ4v) is 1.95. The van der Waals surface area contributed by atoms with E-state index in [4.69, 9.17) is 0 Å². The molecule has 1 aromatic heterocycles. The molecular weight excluding hydrogens is 244 g/mol. The van der Waals surface area contributed by atoms with E-state index in [1.165, 1.54) is 12.1 Å². The van der Waals surface area contributed by atoms with Gasteiger partial charge in [0.05, 0.1) is 22.0 Å². The first kappa shape index (κ1) is 13.1. The largest absolute Gasteiger partial charge is 0.376 e. The van der Waals surface area contributed by atoms with Gasteiger partial charge in [0.15, 0.2) is 0 Å². The Morgan fingerprint density at radius 1 is 1.32 bits per heavy atom. The molecule has 19 heavy (non-hydrogen) atoms. The molecule has 1 heterocycles. The minimum atomic E-state index is -0.397. The SMILES string of the molecule is Cc1n[nH]c(C)c1NC(C)c1ccc([N+](=O)[O-])cc1. The topological polar surface area (TPSA) is 83.8 Å². The molecule has 0 fully saturated rings. The van der Waals surface area contributed by atoms with Crippen LogP contribution in [0.5, 0.6) is 0 Å². The van der Waals surface area contributed by atoms with Crippen molar-refractivity contribution in [2.75, 3.05) is 5.32 Å². The highest BCUT2D eigenvalue weighted by atomic mass is 16.6. The van der Waals surface area contributed by atoms with Crippen molar-refractivity contribution >= 4 is 11.4 Å². The van der Waals surface area contributed by atoms with Crippen LogP contribution in [0.1, 0.15) is 29.9 Å². The molecule has 0 saturated carbocycles. The zero-order valence-corrected chi connectivity index (χ0v) is 11.1. The Kier molecular flexibility index (Phi) is 3.50. The summed E-state index contributed by atoms with van der Waals surface area (Å²) in [5.41, 5.74) is 3.96. The molecule has 0 saturated heterocycles. The van der Waals surface area contributed by atoms with E-state index in [1.807, 2.05) is 20.8 Å². The molecule has 2 aromatic rings. The number of benzene rings is 1. The highest BCUT2D eigenvalue weighted by Crippen LogP contribution is 2.24. The van der Waals surface area contributed by atoms with Gasteiger partial charge in [-0.25, -0.2) is 0 Å². The number of nitrogens with zero attached hydrogens (tertiary/aromatic N) is 2. The summed E-state index contributed by atoms with van der Waals surface area (Å²) in [6.45, 7) is 5.88. The Morgan fingerprint density at radius 2 is 1.95 bits per heavy atom. The van der Waals surface area contributed by atoms with Crippen molar-refractivity contribution in [2.45, 2.75) is 26.8 Å². The van der Waals surface area contributed by atoms with Gasteiger partial charge >= 0.3 is 0 Å². The molecule has 1 aromatic carbocycles. The lowest BCUT2D eigenvalue weighted by Gasteiger charge is -2.15. The predicted octanol–water partition coefficient (Wildman–Crippen LogP) is 3.11. The lowest BCUT2D eigenvalue weighted by atomic mass is 10.1. The van der Waals surface area contributed by atoms with E-state index in [0.29, 0.717) is 0 Å². The Bertz CT molecular complexity index is 570. The van der Waals surface area contributed by atoms with Crippen molar-refractivity contribution in [3.8, 4) is 0 Å². The first-order valence-electron chi connectivity index (χ1n) is 6.01. The highest BCUT2D eigenvalue weighted by molar-refractivity contribution is 5.53. The van der Waals surface area contributed by atoms with Gasteiger partial charge in [0.2, 0.25) is 0 Å². The maximum absolute atomic E-state index is 10.6. The summed E-state index contributed by atoms with van der Waals surface area (Å²) in [6.07, 6.45) is 0. The van der Waals surface area contributed by atoms with Gasteiger partial charge in [0.1, 0.15) is 0 Å². The molecule has 2 N–H and O–H groups in total. The number of hydrogen-bond acceptors (Lipinski definition) is 4. The summed E-state index contributed by atoms with van der Waals surface area (Å²) in [5.74, 6) is 0. The molecule has 1 unspecified atom stereocenters. The second-order valence-electron chi connectivity index (χ2n) is 4.52. The fourth-order valence-electron chi connectivity index (χ4n) is 1.95. The number of non-ortho nitro benzene ring substituents is 1. The van der Waals surface area contributed by atoms with Crippen molar-refractivity contribution in [3.05, 3.63) is 51.3 Å². The zero-order valence-electron chi connectivity index (χ0n) is 11.1. The number of nitro benzene ring substituents is 1. The molecule has 1 atom stereocenters. The van der Waals surface area contributed by atoms with Gasteiger partial charge in [0.25, 0.3) is 5.69 Å². The third-order valence-electron chi connectivity index (χ3n) is 3.09. The van der Waals surface area contributed by atoms with E-state index in [-0.39, 0.29) is 11.7 Å². The van der Waals surface area contributed by atoms with Crippen LogP contribution in [-0.2, 0) is 0 Å². The summed E-state index contributed by atoms with van der Waals surface area (Å²) >= 11 is 0. The summed E-state index contributed by atoms with van der Waals surface area (Å²) in [7, 11) is 0. The highest BCUT2D eigenvalue weighted by Gasteiger charge is 2.12. The number of aromatic amines is 1. The lowest BCUT2D eigenvalue weighted by molar-refractivity contribution is -0.384. The van der Waals surface area contributed by atoms with Gasteiger partial charge < -0.3 is 5.32 Å². The number of nitrogens with one attached hydrogen (secondary N) is 2. The Labute approximate surface area is 111 Å². The van der Waals surface area contributed by atoms with E-state index < -0.39 is 4.92 Å². The molecule has 0 aliphatic heterocycles. The molecule has 0 radical (unpaired) electrons. The molecule has 0 amide bonds. The van der Waals surface area contributed by atoms with E-state index in [9.17, 15) is 10.1 Å². The molecule has 2 rings (SSSR count). The van der Waals surface area contributed by atoms with Crippen molar-refractivity contribution in [1.82, 2.24) is 10.2 Å². The molecular formula is C13H16N4O2. The van der Waals surface area contributed by atoms with Crippen LogP contribution in [0.25, 0.3) is 0 Å². The van der Waals surface area contributed by atoms with E-state index in [1.54, 1.807) is 12.1 Å². The second kappa shape index (κ2) is 5.09. The number of anilines is 1. The lowest BCUT2D eigenvalue weighted by Crippen LogP contribution is -2.07. The molecule has 100 valence electrons. The average molecular weight is 260 g/mol. The third kappa shape index (κ3) is 2.73. The minimum absolute atomic E-state index is 0.0517. The van der Waals surface area contributed by atoms with E-state index >= 15 is 0 Å². The van der Waals surface area contributed by atoms with Gasteiger partial charge in [-0.1, -0.05) is 12.1 Å². The van der Waals surface area contributed by atoms with Crippen molar-refractivity contribution in [2.24, 2.45) is 0 Å². The maximum atomic E-state index is 10.6. The van der Waals surface area contributed by atoms with Crippen LogP contribution in [0.3, 0.4) is 0 Å². The van der Waals surface area contributed by atoms with E-state index in [2.05, 4.69) is 15.5 Å². The van der Waals surface area contributed by atoms with Crippen LogP contribution >= 0.6 is 0 Å². The van der Waals surface area contributed by atoms with E-state index in [0.717, 1.165) is 22.6 Å². The molecule has 0 aliphatic rings. The van der Waals surface area contributed by atoms with Gasteiger partial charge in [-0.3, -0.25) is 15.2 Å². The number of hydrogen-bond donors (Lipinski definition) is 2. The van der Waals surface area contributed by atoms with Crippen molar-refractivity contribution in [3.63, 3.8) is 0 Å². The standard InChI is InChI=1S/C13H16N4O2/c1-8(14-13-9(2)15-16-10(13)3)11-4-6-12(7-5-11)17(18)19/h4-8,14H,1-3H3,(H,15,16). The summed E-state index contributed by atoms with van der Waals surface area (Å²) < 4.78 is 0. The van der Waals surface area contributed by atoms with Crippen LogP contribution in [0.15, 0.2) is 24.3 Å². The fraction of sp³-hybridized carbons (Fsp3) is 0.308. The van der Waals surface area contributed by atoms with Crippen LogP contribution in [0.4, 0.5) is 11.4 Å². The maximum Gasteiger partial charge on any atom is 0.269 e. The van der Waals surface area contributed by atoms with Crippen LogP contribution in [0, 0.1) is 24.0 Å². The molecule has 0 bridgehead atoms. The third-order valence-corrected chi connectivity index (χ3v) is 3.09. The summed E-state index contributed by atoms with van der Waals surface area (Å²) in [6, 6.07) is 6.61. The minimum Gasteiger partial charge on any atom is -0.376 e. The number of rotatable bonds is 4. The average Bonchev–Trinajstić information content (AvgIpc) is 2.70. The quantitative estimate of drug-likeness (QED) is 0.653. The monoisotopic (exact) mass is 260 g/mol. The number of aryl methyl sites for hydroxylation is 2. The Morgan fingerprint density at radius 3 is 2.42 bits per heavy atom. The normalized spacial score (nSPS) is 12.2. The zero-order chi connectivity index (χ0) is 14.0. The smallest absolute Gasteiger partial charge is 0.269 e. The van der Waals surface area contributed by atoms with Crippen molar-refractivity contribution < 1.29 is 4.92 Å². The van der Waals surface area contributed by atoms with Gasteiger partial charge in [-0.15, -0.1) is 0 Å². The Hall–Kier alpha value is -2.37. The Balaban J connectivity index is 2.16. The summed E-state index contributed by atoms with van der Waals surface area (Å²) in [5, 5.41) is 21.0. The number of nitro groups is 1. The first-order valence-corrected chi connectivity index (χ1v) is 6.01. The molecule has 6 heteroatoms. The second-order valence-corrected chi connectivity index (χ2v) is 4.52. The molecule has 0 spiro atoms. The first-order chi connectivity index (χ1) is 8.99. The van der Waals surface area contributed by atoms with Gasteiger partial charge in [0, 0.05) is 18.2 Å². The predicted molar refractivity (Wildman–Crippen MR) is 73.2 cm³/mol. The number of H-pyrrole nitrogens is 1. The van der Waals surface area contributed by atoms with Crippen LogP contribution in [0.2, 0.25) is 0 Å². The van der Waals surface area contributed by atoms with Crippen molar-refractivity contribution in [1.29, 1.82) is 0 Å².